The molecule has 1 heterocycles. The zero-order chi connectivity index (χ0) is 19.1. The molecule has 1 saturated carbocycles. The molecule has 1 aromatic heterocycles. The molecule has 2 aromatic carbocycles. The molecular formula is C23H21N3O2. The van der Waals surface area contributed by atoms with E-state index in [9.17, 15) is 9.59 Å². The van der Waals surface area contributed by atoms with Gasteiger partial charge < -0.3 is 10.6 Å². The molecule has 5 rings (SSSR count). The lowest BCUT2D eigenvalue weighted by Gasteiger charge is -2.13. The fourth-order valence-electron chi connectivity index (χ4n) is 3.90. The summed E-state index contributed by atoms with van der Waals surface area (Å²) in [5.41, 5.74) is 4.84. The van der Waals surface area contributed by atoms with Crippen molar-refractivity contribution >= 4 is 28.4 Å². The number of aryl methyl sites for hydroxylation is 1. The van der Waals surface area contributed by atoms with Gasteiger partial charge >= 0.3 is 0 Å². The number of amides is 2. The van der Waals surface area contributed by atoms with Gasteiger partial charge in [-0.2, -0.15) is 0 Å². The molecule has 2 N–H and O–H groups in total. The van der Waals surface area contributed by atoms with E-state index < -0.39 is 0 Å². The maximum atomic E-state index is 13.2. The number of anilines is 1. The first-order chi connectivity index (χ1) is 13.7. The van der Waals surface area contributed by atoms with Gasteiger partial charge in [-0.05, 0) is 61.9 Å². The number of hydrogen-bond donors (Lipinski definition) is 2. The number of fused-ring (bicyclic) bond motifs is 2. The minimum atomic E-state index is -0.142. The normalized spacial score (nSPS) is 15.3. The van der Waals surface area contributed by atoms with Gasteiger partial charge in [-0.1, -0.05) is 24.3 Å². The van der Waals surface area contributed by atoms with Crippen molar-refractivity contribution in [2.75, 3.05) is 5.32 Å². The van der Waals surface area contributed by atoms with Gasteiger partial charge in [0.25, 0.3) is 11.8 Å². The van der Waals surface area contributed by atoms with Crippen LogP contribution in [0.25, 0.3) is 10.9 Å². The van der Waals surface area contributed by atoms with E-state index >= 15 is 0 Å². The van der Waals surface area contributed by atoms with E-state index in [4.69, 9.17) is 4.98 Å². The molecule has 2 amide bonds. The maximum absolute atomic E-state index is 13.2. The second-order valence-corrected chi connectivity index (χ2v) is 7.57. The number of nitrogens with zero attached hydrogens (tertiary/aromatic N) is 1. The first-order valence-electron chi connectivity index (χ1n) is 9.82. The van der Waals surface area contributed by atoms with Crippen LogP contribution in [-0.4, -0.2) is 22.8 Å². The van der Waals surface area contributed by atoms with Gasteiger partial charge in [-0.3, -0.25) is 14.6 Å². The number of aromatic nitrogens is 1. The zero-order valence-corrected chi connectivity index (χ0v) is 15.5. The van der Waals surface area contributed by atoms with Crippen LogP contribution in [0, 0.1) is 0 Å². The Bertz CT molecular complexity index is 1100. The summed E-state index contributed by atoms with van der Waals surface area (Å²) in [5, 5.41) is 6.86. The molecule has 5 nitrogen and oxygen atoms in total. The molecule has 1 fully saturated rings. The molecule has 2 aliphatic carbocycles. The van der Waals surface area contributed by atoms with Crippen LogP contribution in [0.4, 0.5) is 5.69 Å². The molecule has 0 atom stereocenters. The van der Waals surface area contributed by atoms with E-state index in [2.05, 4.69) is 10.6 Å². The van der Waals surface area contributed by atoms with Crippen molar-refractivity contribution in [2.45, 2.75) is 38.1 Å². The average Bonchev–Trinajstić information content (AvgIpc) is 3.40. The quantitative estimate of drug-likeness (QED) is 0.731. The zero-order valence-electron chi connectivity index (χ0n) is 15.5. The molecule has 0 radical (unpaired) electrons. The number of benzene rings is 2. The SMILES string of the molecule is O=C(NC1CC1)c1cccc(NC(=O)c2c3c(nc4ccccc24)CCC3)c1. The molecule has 0 bridgehead atoms. The van der Waals surface area contributed by atoms with Crippen LogP contribution in [-0.2, 0) is 12.8 Å². The fraction of sp³-hybridized carbons (Fsp3) is 0.261. The molecule has 0 spiro atoms. The van der Waals surface area contributed by atoms with E-state index in [0.29, 0.717) is 22.9 Å². The summed E-state index contributed by atoms with van der Waals surface area (Å²) in [7, 11) is 0. The Labute approximate surface area is 163 Å². The Kier molecular flexibility index (Phi) is 4.08. The first kappa shape index (κ1) is 16.9. The highest BCUT2D eigenvalue weighted by Gasteiger charge is 2.25. The Hall–Kier alpha value is -3.21. The third kappa shape index (κ3) is 3.13. The lowest BCUT2D eigenvalue weighted by molar-refractivity contribution is 0.0949. The number of nitrogens with one attached hydrogen (secondary N) is 2. The summed E-state index contributed by atoms with van der Waals surface area (Å²) >= 11 is 0. The molecule has 3 aromatic rings. The van der Waals surface area contributed by atoms with Crippen molar-refractivity contribution in [1.82, 2.24) is 10.3 Å². The second kappa shape index (κ2) is 6.75. The van der Waals surface area contributed by atoms with Crippen molar-refractivity contribution in [1.29, 1.82) is 0 Å². The van der Waals surface area contributed by atoms with E-state index in [1.165, 1.54) is 0 Å². The third-order valence-corrected chi connectivity index (χ3v) is 5.44. The van der Waals surface area contributed by atoms with Gasteiger partial charge in [0.15, 0.2) is 0 Å². The van der Waals surface area contributed by atoms with Gasteiger partial charge in [-0.15, -0.1) is 0 Å². The highest BCUT2D eigenvalue weighted by molar-refractivity contribution is 6.14. The van der Waals surface area contributed by atoms with Crippen molar-refractivity contribution in [3.05, 3.63) is 70.9 Å². The van der Waals surface area contributed by atoms with Gasteiger partial charge in [0, 0.05) is 28.4 Å². The third-order valence-electron chi connectivity index (χ3n) is 5.44. The molecule has 0 saturated heterocycles. The minimum absolute atomic E-state index is 0.0890. The predicted octanol–water partition coefficient (Wildman–Crippen LogP) is 3.87. The molecule has 2 aliphatic rings. The second-order valence-electron chi connectivity index (χ2n) is 7.57. The van der Waals surface area contributed by atoms with Gasteiger partial charge in [0.05, 0.1) is 11.1 Å². The number of rotatable bonds is 4. The maximum Gasteiger partial charge on any atom is 0.256 e. The van der Waals surface area contributed by atoms with E-state index in [1.54, 1.807) is 18.2 Å². The minimum Gasteiger partial charge on any atom is -0.349 e. The van der Waals surface area contributed by atoms with E-state index in [0.717, 1.165) is 54.3 Å². The molecule has 140 valence electrons. The van der Waals surface area contributed by atoms with Gasteiger partial charge in [0.2, 0.25) is 0 Å². The fourth-order valence-corrected chi connectivity index (χ4v) is 3.90. The molecule has 5 heteroatoms. The molecular weight excluding hydrogens is 350 g/mol. The number of carbonyl (C=O) groups excluding carboxylic acids is 2. The standard InChI is InChI=1S/C23H21N3O2/c27-22(24-15-11-12-15)14-5-3-6-16(13-14)25-23(28)21-17-7-1-2-9-19(17)26-20-10-4-8-18(20)21/h1-3,5-7,9,13,15H,4,8,10-12H2,(H,24,27)(H,25,28). The number of carbonyl (C=O) groups is 2. The Morgan fingerprint density at radius 3 is 2.68 bits per heavy atom. The summed E-state index contributed by atoms with van der Waals surface area (Å²) in [6.07, 6.45) is 4.90. The number of para-hydroxylation sites is 1. The lowest BCUT2D eigenvalue weighted by atomic mass is 10.0. The van der Waals surface area contributed by atoms with Gasteiger partial charge in [0.1, 0.15) is 0 Å². The topological polar surface area (TPSA) is 71.1 Å². The smallest absolute Gasteiger partial charge is 0.256 e. The Morgan fingerprint density at radius 2 is 1.82 bits per heavy atom. The number of hydrogen-bond acceptors (Lipinski definition) is 3. The monoisotopic (exact) mass is 371 g/mol. The van der Waals surface area contributed by atoms with Crippen LogP contribution in [0.1, 0.15) is 51.2 Å². The van der Waals surface area contributed by atoms with Crippen molar-refractivity contribution in [3.63, 3.8) is 0 Å². The largest absolute Gasteiger partial charge is 0.349 e. The summed E-state index contributed by atoms with van der Waals surface area (Å²) in [6, 6.07) is 15.2. The summed E-state index contributed by atoms with van der Waals surface area (Å²) in [5.74, 6) is -0.231. The van der Waals surface area contributed by atoms with Crippen LogP contribution < -0.4 is 10.6 Å². The highest BCUT2D eigenvalue weighted by Crippen LogP contribution is 2.30. The van der Waals surface area contributed by atoms with Crippen molar-refractivity contribution in [2.24, 2.45) is 0 Å². The Morgan fingerprint density at radius 1 is 0.964 bits per heavy atom. The average molecular weight is 371 g/mol. The van der Waals surface area contributed by atoms with Crippen molar-refractivity contribution in [3.8, 4) is 0 Å². The van der Waals surface area contributed by atoms with Gasteiger partial charge in [-0.25, -0.2) is 0 Å². The van der Waals surface area contributed by atoms with Crippen LogP contribution in [0.2, 0.25) is 0 Å². The summed E-state index contributed by atoms with van der Waals surface area (Å²) in [6.45, 7) is 0. The highest BCUT2D eigenvalue weighted by atomic mass is 16.2. The summed E-state index contributed by atoms with van der Waals surface area (Å²) < 4.78 is 0. The van der Waals surface area contributed by atoms with Crippen molar-refractivity contribution < 1.29 is 9.59 Å². The molecule has 0 aliphatic heterocycles. The first-order valence-corrected chi connectivity index (χ1v) is 9.82. The molecule has 28 heavy (non-hydrogen) atoms. The van der Waals surface area contributed by atoms with Crippen LogP contribution in [0.15, 0.2) is 48.5 Å². The Balaban J connectivity index is 1.47. The van der Waals surface area contributed by atoms with E-state index in [-0.39, 0.29) is 11.8 Å². The lowest BCUT2D eigenvalue weighted by Crippen LogP contribution is -2.25. The van der Waals surface area contributed by atoms with Crippen LogP contribution in [0.5, 0.6) is 0 Å². The van der Waals surface area contributed by atoms with Crippen LogP contribution >= 0.6 is 0 Å². The number of pyridine rings is 1. The molecule has 0 unspecified atom stereocenters. The van der Waals surface area contributed by atoms with Crippen LogP contribution in [0.3, 0.4) is 0 Å². The predicted molar refractivity (Wildman–Crippen MR) is 109 cm³/mol. The van der Waals surface area contributed by atoms with E-state index in [1.807, 2.05) is 30.3 Å². The summed E-state index contributed by atoms with van der Waals surface area (Å²) in [4.78, 5) is 30.3.